The average Bonchev–Trinajstić information content (AvgIpc) is 3.02. The molecule has 1 N–H and O–H groups in total. The van der Waals surface area contributed by atoms with Crippen molar-refractivity contribution in [1.29, 1.82) is 0 Å². The van der Waals surface area contributed by atoms with E-state index < -0.39 is 6.10 Å². The molecule has 0 bridgehead atoms. The molecular formula is C15H23ClN4O. The zero-order valence-electron chi connectivity index (χ0n) is 13.1. The summed E-state index contributed by atoms with van der Waals surface area (Å²) in [4.78, 5) is 0. The van der Waals surface area contributed by atoms with Crippen LogP contribution in [0.25, 0.3) is 0 Å². The summed E-state index contributed by atoms with van der Waals surface area (Å²) in [5, 5.41) is 20.1. The molecule has 0 fully saturated rings. The van der Waals surface area contributed by atoms with Crippen molar-refractivity contribution in [3.63, 3.8) is 0 Å². The Morgan fingerprint density at radius 3 is 2.48 bits per heavy atom. The highest BCUT2D eigenvalue weighted by atomic mass is 35.5. The van der Waals surface area contributed by atoms with E-state index in [1.807, 2.05) is 31.6 Å². The number of halogens is 1. The summed E-state index contributed by atoms with van der Waals surface area (Å²) >= 11 is 6.35. The van der Waals surface area contributed by atoms with E-state index in [0.29, 0.717) is 11.4 Å². The number of hydrogen-bond donors (Lipinski definition) is 1. The van der Waals surface area contributed by atoms with Crippen LogP contribution in [0, 0.1) is 0 Å². The average molecular weight is 311 g/mol. The van der Waals surface area contributed by atoms with Gasteiger partial charge in [0, 0.05) is 20.0 Å². The van der Waals surface area contributed by atoms with Gasteiger partial charge in [0.05, 0.1) is 27.8 Å². The molecule has 1 atom stereocenters. The molecule has 0 aliphatic carbocycles. The van der Waals surface area contributed by atoms with Crippen LogP contribution >= 0.6 is 11.6 Å². The number of aryl methyl sites for hydroxylation is 4. The number of rotatable bonds is 6. The lowest BCUT2D eigenvalue weighted by molar-refractivity contribution is 0.164. The van der Waals surface area contributed by atoms with Gasteiger partial charge in [-0.2, -0.15) is 10.2 Å². The van der Waals surface area contributed by atoms with Gasteiger partial charge in [-0.05, 0) is 25.8 Å². The number of nitrogens with zero attached hydrogens (tertiary/aromatic N) is 4. The van der Waals surface area contributed by atoms with Gasteiger partial charge in [-0.25, -0.2) is 0 Å². The molecule has 6 heteroatoms. The van der Waals surface area contributed by atoms with E-state index in [-0.39, 0.29) is 0 Å². The van der Waals surface area contributed by atoms with E-state index in [1.165, 1.54) is 0 Å². The van der Waals surface area contributed by atoms with Gasteiger partial charge in [-0.3, -0.25) is 9.36 Å². The highest BCUT2D eigenvalue weighted by Gasteiger charge is 2.20. The van der Waals surface area contributed by atoms with Gasteiger partial charge in [0.2, 0.25) is 0 Å². The Balaban J connectivity index is 2.27. The molecular weight excluding hydrogens is 288 g/mol. The monoisotopic (exact) mass is 310 g/mol. The molecule has 0 saturated carbocycles. The molecule has 2 heterocycles. The topological polar surface area (TPSA) is 55.9 Å². The van der Waals surface area contributed by atoms with Crippen LogP contribution in [0.1, 0.15) is 49.7 Å². The van der Waals surface area contributed by atoms with Crippen molar-refractivity contribution in [1.82, 2.24) is 19.6 Å². The largest absolute Gasteiger partial charge is 0.386 e. The summed E-state index contributed by atoms with van der Waals surface area (Å²) in [5.41, 5.74) is 3.57. The van der Waals surface area contributed by atoms with E-state index in [2.05, 4.69) is 17.1 Å². The van der Waals surface area contributed by atoms with Gasteiger partial charge in [0.15, 0.2) is 0 Å². The van der Waals surface area contributed by atoms with Crippen LogP contribution < -0.4 is 0 Å². The molecule has 0 radical (unpaired) electrons. The summed E-state index contributed by atoms with van der Waals surface area (Å²) in [5.74, 6) is 0. The Morgan fingerprint density at radius 2 is 1.95 bits per heavy atom. The van der Waals surface area contributed by atoms with Gasteiger partial charge >= 0.3 is 0 Å². The third-order valence-electron chi connectivity index (χ3n) is 3.75. The number of aromatic nitrogens is 4. The van der Waals surface area contributed by atoms with Crippen molar-refractivity contribution in [3.8, 4) is 0 Å². The molecule has 21 heavy (non-hydrogen) atoms. The lowest BCUT2D eigenvalue weighted by Crippen LogP contribution is -2.12. The molecule has 2 aromatic rings. The summed E-state index contributed by atoms with van der Waals surface area (Å²) in [7, 11) is 1.86. The second kappa shape index (κ2) is 6.62. The van der Waals surface area contributed by atoms with E-state index in [4.69, 9.17) is 11.6 Å². The quantitative estimate of drug-likeness (QED) is 0.892. The Morgan fingerprint density at radius 1 is 1.24 bits per heavy atom. The molecule has 5 nitrogen and oxygen atoms in total. The Bertz CT molecular complexity index is 617. The summed E-state index contributed by atoms with van der Waals surface area (Å²) < 4.78 is 3.62. The minimum absolute atomic E-state index is 0.442. The van der Waals surface area contributed by atoms with Gasteiger partial charge in [-0.1, -0.05) is 25.4 Å². The minimum Gasteiger partial charge on any atom is -0.386 e. The SMILES string of the molecule is CCc1cc(C(O)Cc2c(Cl)c(CC)nn2C)n(CC)n1. The van der Waals surface area contributed by atoms with Gasteiger partial charge < -0.3 is 5.11 Å². The van der Waals surface area contributed by atoms with Crippen LogP contribution in [0.4, 0.5) is 0 Å². The zero-order valence-corrected chi connectivity index (χ0v) is 13.9. The molecule has 2 aromatic heterocycles. The van der Waals surface area contributed by atoms with Crippen molar-refractivity contribution in [2.75, 3.05) is 0 Å². The molecule has 0 saturated heterocycles. The molecule has 1 unspecified atom stereocenters. The number of aliphatic hydroxyl groups is 1. The standard InChI is InChI=1S/C15H23ClN4O/c1-5-10-8-12(20(7-3)17-10)14(21)9-13-15(16)11(6-2)18-19(13)4/h8,14,21H,5-7,9H2,1-4H3. The fourth-order valence-corrected chi connectivity index (χ4v) is 2.88. The van der Waals surface area contributed by atoms with Crippen LogP contribution in [-0.4, -0.2) is 24.7 Å². The molecule has 0 aliphatic rings. The van der Waals surface area contributed by atoms with E-state index in [9.17, 15) is 5.11 Å². The van der Waals surface area contributed by atoms with Crippen LogP contribution in [0.5, 0.6) is 0 Å². The third-order valence-corrected chi connectivity index (χ3v) is 4.19. The summed E-state index contributed by atoms with van der Waals surface area (Å²) in [6.45, 7) is 6.85. The number of hydrogen-bond acceptors (Lipinski definition) is 3. The Hall–Kier alpha value is -1.33. The zero-order chi connectivity index (χ0) is 15.6. The molecule has 0 spiro atoms. The second-order valence-electron chi connectivity index (χ2n) is 5.13. The van der Waals surface area contributed by atoms with E-state index in [1.54, 1.807) is 4.68 Å². The lowest BCUT2D eigenvalue weighted by atomic mass is 10.1. The highest BCUT2D eigenvalue weighted by Crippen LogP contribution is 2.26. The van der Waals surface area contributed by atoms with Crippen LogP contribution in [0.3, 0.4) is 0 Å². The maximum absolute atomic E-state index is 10.6. The molecule has 2 rings (SSSR count). The second-order valence-corrected chi connectivity index (χ2v) is 5.51. The molecule has 0 aliphatic heterocycles. The molecule has 116 valence electrons. The Labute approximate surface area is 130 Å². The third kappa shape index (κ3) is 3.14. The van der Waals surface area contributed by atoms with Crippen molar-refractivity contribution in [3.05, 3.63) is 33.9 Å². The van der Waals surface area contributed by atoms with Crippen LogP contribution in [-0.2, 0) is 32.9 Å². The van der Waals surface area contributed by atoms with E-state index in [0.717, 1.165) is 42.2 Å². The van der Waals surface area contributed by atoms with Crippen molar-refractivity contribution < 1.29 is 5.11 Å². The first-order valence-electron chi connectivity index (χ1n) is 7.46. The summed E-state index contributed by atoms with van der Waals surface area (Å²) in [6.07, 6.45) is 1.46. The maximum Gasteiger partial charge on any atom is 0.101 e. The predicted molar refractivity (Wildman–Crippen MR) is 83.5 cm³/mol. The first-order chi connectivity index (χ1) is 10.0. The predicted octanol–water partition coefficient (Wildman–Crippen LogP) is 2.69. The van der Waals surface area contributed by atoms with Crippen molar-refractivity contribution in [2.24, 2.45) is 7.05 Å². The van der Waals surface area contributed by atoms with Gasteiger partial charge in [0.25, 0.3) is 0 Å². The summed E-state index contributed by atoms with van der Waals surface area (Å²) in [6, 6.07) is 1.97. The minimum atomic E-state index is -0.629. The fourth-order valence-electron chi connectivity index (χ4n) is 2.51. The number of aliphatic hydroxyl groups excluding tert-OH is 1. The smallest absolute Gasteiger partial charge is 0.101 e. The van der Waals surface area contributed by atoms with E-state index >= 15 is 0 Å². The maximum atomic E-state index is 10.6. The first-order valence-corrected chi connectivity index (χ1v) is 7.84. The first kappa shape index (κ1) is 16.0. The van der Waals surface area contributed by atoms with Gasteiger partial charge in [0.1, 0.15) is 6.10 Å². The molecule has 0 aromatic carbocycles. The van der Waals surface area contributed by atoms with Gasteiger partial charge in [-0.15, -0.1) is 0 Å². The Kier molecular flexibility index (Phi) is 5.06. The normalized spacial score (nSPS) is 12.9. The lowest BCUT2D eigenvalue weighted by Gasteiger charge is -2.12. The highest BCUT2D eigenvalue weighted by molar-refractivity contribution is 6.31. The van der Waals surface area contributed by atoms with Crippen LogP contribution in [0.15, 0.2) is 6.07 Å². The van der Waals surface area contributed by atoms with Crippen molar-refractivity contribution in [2.45, 2.75) is 52.7 Å². The van der Waals surface area contributed by atoms with Crippen molar-refractivity contribution >= 4 is 11.6 Å². The molecule has 0 amide bonds. The fraction of sp³-hybridized carbons (Fsp3) is 0.600. The van der Waals surface area contributed by atoms with Crippen LogP contribution in [0.2, 0.25) is 5.02 Å².